The zero-order valence-electron chi connectivity index (χ0n) is 10.3. The molecule has 1 fully saturated rings. The molecule has 1 aromatic carbocycles. The summed E-state index contributed by atoms with van der Waals surface area (Å²) in [6.07, 6.45) is 3.27. The van der Waals surface area contributed by atoms with Gasteiger partial charge in [-0.25, -0.2) is 0 Å². The van der Waals surface area contributed by atoms with Crippen LogP contribution in [0.4, 0.5) is 11.5 Å². The predicted octanol–water partition coefficient (Wildman–Crippen LogP) is 1.73. The first-order chi connectivity index (χ1) is 9.21. The first-order valence-electron chi connectivity index (χ1n) is 6.16. The molecule has 5 heteroatoms. The molecule has 1 saturated carbocycles. The average molecular weight is 254 g/mol. The third-order valence-electron chi connectivity index (χ3n) is 3.46. The van der Waals surface area contributed by atoms with Gasteiger partial charge in [0.25, 0.3) is 0 Å². The molecule has 3 N–H and O–H groups in total. The van der Waals surface area contributed by atoms with Crippen molar-refractivity contribution in [2.75, 3.05) is 11.1 Å². The van der Waals surface area contributed by atoms with E-state index in [1.807, 2.05) is 24.3 Å². The Labute approximate surface area is 110 Å². The summed E-state index contributed by atoms with van der Waals surface area (Å²) < 4.78 is 0. The molecule has 1 amide bonds. The molecule has 0 spiro atoms. The van der Waals surface area contributed by atoms with Gasteiger partial charge in [-0.3, -0.25) is 4.79 Å². The highest BCUT2D eigenvalue weighted by Gasteiger charge is 2.51. The van der Waals surface area contributed by atoms with Crippen molar-refractivity contribution in [1.82, 2.24) is 10.2 Å². The Balaban J connectivity index is 1.81. The number of anilines is 2. The summed E-state index contributed by atoms with van der Waals surface area (Å²) in [5.41, 5.74) is 6.95. The van der Waals surface area contributed by atoms with Crippen LogP contribution in [0.15, 0.2) is 42.6 Å². The second-order valence-electron chi connectivity index (χ2n) is 4.77. The zero-order chi connectivity index (χ0) is 13.3. The van der Waals surface area contributed by atoms with Crippen molar-refractivity contribution in [3.05, 3.63) is 48.2 Å². The highest BCUT2D eigenvalue weighted by molar-refractivity contribution is 6.00. The average Bonchev–Trinajstić information content (AvgIpc) is 3.22. The van der Waals surface area contributed by atoms with Gasteiger partial charge in [-0.2, -0.15) is 5.10 Å². The molecule has 1 aromatic heterocycles. The third kappa shape index (κ3) is 2.14. The van der Waals surface area contributed by atoms with E-state index in [2.05, 4.69) is 15.5 Å². The summed E-state index contributed by atoms with van der Waals surface area (Å²) in [7, 11) is 0. The van der Waals surface area contributed by atoms with Crippen molar-refractivity contribution in [2.24, 2.45) is 0 Å². The van der Waals surface area contributed by atoms with E-state index in [1.165, 1.54) is 0 Å². The minimum atomic E-state index is -0.425. The van der Waals surface area contributed by atoms with Crippen molar-refractivity contribution in [3.63, 3.8) is 0 Å². The molecule has 96 valence electrons. The summed E-state index contributed by atoms with van der Waals surface area (Å²) in [5.74, 6) is 0.451. The van der Waals surface area contributed by atoms with E-state index in [4.69, 9.17) is 5.73 Å². The Morgan fingerprint density at radius 2 is 1.95 bits per heavy atom. The van der Waals surface area contributed by atoms with Gasteiger partial charge >= 0.3 is 0 Å². The van der Waals surface area contributed by atoms with E-state index in [1.54, 1.807) is 18.3 Å². The summed E-state index contributed by atoms with van der Waals surface area (Å²) in [5, 5.41) is 10.4. The van der Waals surface area contributed by atoms with Crippen molar-refractivity contribution in [2.45, 2.75) is 18.3 Å². The molecule has 2 aromatic rings. The minimum Gasteiger partial charge on any atom is -0.399 e. The van der Waals surface area contributed by atoms with E-state index in [-0.39, 0.29) is 5.91 Å². The third-order valence-corrected chi connectivity index (χ3v) is 3.46. The smallest absolute Gasteiger partial charge is 0.236 e. The van der Waals surface area contributed by atoms with Crippen LogP contribution >= 0.6 is 0 Å². The molecule has 5 nitrogen and oxygen atoms in total. The summed E-state index contributed by atoms with van der Waals surface area (Å²) in [6.45, 7) is 0. The van der Waals surface area contributed by atoms with E-state index < -0.39 is 5.41 Å². The number of nitrogens with two attached hydrogens (primary N) is 1. The van der Waals surface area contributed by atoms with E-state index in [9.17, 15) is 4.79 Å². The number of amides is 1. The van der Waals surface area contributed by atoms with Crippen LogP contribution in [0.1, 0.15) is 18.4 Å². The normalized spacial score (nSPS) is 15.8. The number of nitrogen functional groups attached to an aromatic ring is 1. The number of hydrogen-bond donors (Lipinski definition) is 2. The molecule has 1 heterocycles. The number of carbonyl (C=O) groups is 1. The lowest BCUT2D eigenvalue weighted by Crippen LogP contribution is -2.28. The maximum Gasteiger partial charge on any atom is 0.236 e. The van der Waals surface area contributed by atoms with Gasteiger partial charge < -0.3 is 11.1 Å². The fraction of sp³-hybridized carbons (Fsp3) is 0.214. The molecule has 0 atom stereocenters. The molecule has 0 saturated heterocycles. The van der Waals surface area contributed by atoms with Crippen LogP contribution in [-0.4, -0.2) is 16.1 Å². The first kappa shape index (κ1) is 11.6. The zero-order valence-corrected chi connectivity index (χ0v) is 10.3. The van der Waals surface area contributed by atoms with Crippen molar-refractivity contribution >= 4 is 17.4 Å². The summed E-state index contributed by atoms with van der Waals surface area (Å²) >= 11 is 0. The van der Waals surface area contributed by atoms with Crippen LogP contribution in [0.25, 0.3) is 0 Å². The molecule has 0 bridgehead atoms. The number of carbonyl (C=O) groups excluding carboxylic acids is 1. The van der Waals surface area contributed by atoms with Gasteiger partial charge in [0.1, 0.15) is 0 Å². The number of nitrogens with zero attached hydrogens (tertiary/aromatic N) is 2. The van der Waals surface area contributed by atoms with Crippen LogP contribution in [-0.2, 0) is 10.2 Å². The van der Waals surface area contributed by atoms with Gasteiger partial charge in [-0.15, -0.1) is 5.10 Å². The monoisotopic (exact) mass is 254 g/mol. The SMILES string of the molecule is Nc1ccc(C2(C(=O)Nc3cccnn3)CC2)cc1. The van der Waals surface area contributed by atoms with Crippen LogP contribution < -0.4 is 11.1 Å². The summed E-state index contributed by atoms with van der Waals surface area (Å²) in [6, 6.07) is 10.9. The Bertz CT molecular complexity index is 591. The molecule has 0 unspecified atom stereocenters. The topological polar surface area (TPSA) is 80.9 Å². The highest BCUT2D eigenvalue weighted by atomic mass is 16.2. The van der Waals surface area contributed by atoms with Crippen LogP contribution in [0, 0.1) is 0 Å². The van der Waals surface area contributed by atoms with E-state index in [0.29, 0.717) is 11.5 Å². The van der Waals surface area contributed by atoms with Crippen LogP contribution in [0.5, 0.6) is 0 Å². The maximum atomic E-state index is 12.4. The fourth-order valence-electron chi connectivity index (χ4n) is 2.18. The lowest BCUT2D eigenvalue weighted by molar-refractivity contribution is -0.118. The van der Waals surface area contributed by atoms with E-state index >= 15 is 0 Å². The number of benzene rings is 1. The second-order valence-corrected chi connectivity index (χ2v) is 4.77. The number of nitrogens with one attached hydrogen (secondary N) is 1. The number of rotatable bonds is 3. The van der Waals surface area contributed by atoms with Gasteiger partial charge in [0.2, 0.25) is 5.91 Å². The Morgan fingerprint density at radius 3 is 2.53 bits per heavy atom. The maximum absolute atomic E-state index is 12.4. The van der Waals surface area contributed by atoms with E-state index in [0.717, 1.165) is 18.4 Å². The Hall–Kier alpha value is -2.43. The van der Waals surface area contributed by atoms with Crippen LogP contribution in [0.2, 0.25) is 0 Å². The molecular formula is C14H14N4O. The van der Waals surface area contributed by atoms with Gasteiger partial charge in [0.15, 0.2) is 5.82 Å². The second kappa shape index (κ2) is 4.35. The molecule has 19 heavy (non-hydrogen) atoms. The molecule has 3 rings (SSSR count). The molecule has 1 aliphatic carbocycles. The standard InChI is InChI=1S/C14H14N4O/c15-11-5-3-10(4-6-11)14(7-8-14)13(19)17-12-2-1-9-16-18-12/h1-6,9H,7-8,15H2,(H,17,18,19). The van der Waals surface area contributed by atoms with Crippen molar-refractivity contribution in [3.8, 4) is 0 Å². The molecule has 0 aliphatic heterocycles. The van der Waals surface area contributed by atoms with Crippen LogP contribution in [0.3, 0.4) is 0 Å². The number of hydrogen-bond acceptors (Lipinski definition) is 4. The Morgan fingerprint density at radius 1 is 1.21 bits per heavy atom. The lowest BCUT2D eigenvalue weighted by Gasteiger charge is -2.15. The largest absolute Gasteiger partial charge is 0.399 e. The number of aromatic nitrogens is 2. The van der Waals surface area contributed by atoms with Gasteiger partial charge in [-0.05, 0) is 42.7 Å². The Kier molecular flexibility index (Phi) is 2.67. The molecular weight excluding hydrogens is 240 g/mol. The van der Waals surface area contributed by atoms with Crippen molar-refractivity contribution < 1.29 is 4.79 Å². The van der Waals surface area contributed by atoms with Gasteiger partial charge in [-0.1, -0.05) is 12.1 Å². The van der Waals surface area contributed by atoms with Crippen molar-refractivity contribution in [1.29, 1.82) is 0 Å². The molecule has 0 radical (unpaired) electrons. The quantitative estimate of drug-likeness (QED) is 0.817. The van der Waals surface area contributed by atoms with Gasteiger partial charge in [0, 0.05) is 11.9 Å². The highest BCUT2D eigenvalue weighted by Crippen LogP contribution is 2.49. The summed E-state index contributed by atoms with van der Waals surface area (Å²) in [4.78, 5) is 12.4. The fourth-order valence-corrected chi connectivity index (χ4v) is 2.18. The predicted molar refractivity (Wildman–Crippen MR) is 72.4 cm³/mol. The van der Waals surface area contributed by atoms with Gasteiger partial charge in [0.05, 0.1) is 5.41 Å². The lowest BCUT2D eigenvalue weighted by atomic mass is 9.95. The molecule has 1 aliphatic rings. The minimum absolute atomic E-state index is 0.0298. The first-order valence-corrected chi connectivity index (χ1v) is 6.16.